The van der Waals surface area contributed by atoms with Gasteiger partial charge in [-0.1, -0.05) is 18.2 Å². The van der Waals surface area contributed by atoms with Crippen LogP contribution >= 0.6 is 0 Å². The molecule has 0 radical (unpaired) electrons. The van der Waals surface area contributed by atoms with Gasteiger partial charge in [0.25, 0.3) is 0 Å². The molecule has 4 heteroatoms. The third-order valence-electron chi connectivity index (χ3n) is 1.75. The van der Waals surface area contributed by atoms with E-state index in [1.165, 1.54) is 0 Å². The van der Waals surface area contributed by atoms with E-state index in [0.717, 1.165) is 5.56 Å². The van der Waals surface area contributed by atoms with Crippen molar-refractivity contribution >= 4 is 17.5 Å². The Labute approximate surface area is 82.1 Å². The quantitative estimate of drug-likeness (QED) is 0.695. The number of hydrogen-bond acceptors (Lipinski definition) is 2. The fourth-order valence-electron chi connectivity index (χ4n) is 1.07. The Morgan fingerprint density at radius 1 is 1.36 bits per heavy atom. The van der Waals surface area contributed by atoms with Crippen LogP contribution in [0.5, 0.6) is 0 Å². The number of benzene rings is 1. The van der Waals surface area contributed by atoms with Crippen molar-refractivity contribution < 1.29 is 9.59 Å². The number of hydrogen-bond donors (Lipinski definition) is 2. The molecule has 1 aromatic rings. The monoisotopic (exact) mass is 192 g/mol. The molecule has 0 spiro atoms. The van der Waals surface area contributed by atoms with Gasteiger partial charge in [-0.25, -0.2) is 0 Å². The van der Waals surface area contributed by atoms with Gasteiger partial charge in [-0.2, -0.15) is 0 Å². The summed E-state index contributed by atoms with van der Waals surface area (Å²) in [6.45, 7) is 1.87. The van der Waals surface area contributed by atoms with Crippen LogP contribution in [0.15, 0.2) is 24.3 Å². The largest absolute Gasteiger partial charge is 0.369 e. The second-order valence-electron chi connectivity index (χ2n) is 3.01. The van der Waals surface area contributed by atoms with Crippen LogP contribution in [0.1, 0.15) is 12.0 Å². The summed E-state index contributed by atoms with van der Waals surface area (Å²) in [5.74, 6) is -1.01. The molecule has 0 atom stereocenters. The maximum absolute atomic E-state index is 11.2. The van der Waals surface area contributed by atoms with Crippen LogP contribution in [0.25, 0.3) is 0 Å². The Morgan fingerprint density at radius 3 is 2.57 bits per heavy atom. The number of carbonyl (C=O) groups excluding carboxylic acids is 2. The lowest BCUT2D eigenvalue weighted by molar-refractivity contribution is -0.124. The zero-order chi connectivity index (χ0) is 10.6. The van der Waals surface area contributed by atoms with E-state index in [2.05, 4.69) is 5.32 Å². The molecule has 0 saturated carbocycles. The molecule has 0 aliphatic heterocycles. The van der Waals surface area contributed by atoms with Gasteiger partial charge < -0.3 is 11.1 Å². The summed E-state index contributed by atoms with van der Waals surface area (Å²) < 4.78 is 0. The number of aryl methyl sites for hydroxylation is 1. The molecule has 0 fully saturated rings. The lowest BCUT2D eigenvalue weighted by atomic mass is 10.2. The van der Waals surface area contributed by atoms with E-state index < -0.39 is 5.91 Å². The van der Waals surface area contributed by atoms with Crippen molar-refractivity contribution in [3.63, 3.8) is 0 Å². The van der Waals surface area contributed by atoms with Crippen molar-refractivity contribution in [1.29, 1.82) is 0 Å². The van der Waals surface area contributed by atoms with Gasteiger partial charge in [0.05, 0.1) is 0 Å². The normalized spacial score (nSPS) is 9.50. The topological polar surface area (TPSA) is 72.2 Å². The highest BCUT2D eigenvalue weighted by Crippen LogP contribution is 2.12. The number of primary amides is 1. The standard InChI is InChI=1S/C10H12N2O2/c1-7-4-2-3-5-8(7)12-10(14)6-9(11)13/h2-5H,6H2,1H3,(H2,11,13)(H,12,14). The van der Waals surface area contributed by atoms with Gasteiger partial charge in [-0.15, -0.1) is 0 Å². The van der Waals surface area contributed by atoms with Crippen molar-refractivity contribution in [2.24, 2.45) is 5.73 Å². The lowest BCUT2D eigenvalue weighted by Gasteiger charge is -2.06. The fourth-order valence-corrected chi connectivity index (χ4v) is 1.07. The van der Waals surface area contributed by atoms with Crippen LogP contribution in [-0.4, -0.2) is 11.8 Å². The van der Waals surface area contributed by atoms with Gasteiger partial charge in [0.1, 0.15) is 6.42 Å². The number of amides is 2. The first kappa shape index (κ1) is 10.2. The average molecular weight is 192 g/mol. The highest BCUT2D eigenvalue weighted by atomic mass is 16.2. The van der Waals surface area contributed by atoms with Crippen LogP contribution in [0.4, 0.5) is 5.69 Å². The van der Waals surface area contributed by atoms with Crippen molar-refractivity contribution in [3.05, 3.63) is 29.8 Å². The number of rotatable bonds is 3. The molecule has 4 nitrogen and oxygen atoms in total. The van der Waals surface area contributed by atoms with Crippen LogP contribution in [-0.2, 0) is 9.59 Å². The predicted molar refractivity (Wildman–Crippen MR) is 53.6 cm³/mol. The SMILES string of the molecule is Cc1ccccc1NC(=O)CC(N)=O. The van der Waals surface area contributed by atoms with Gasteiger partial charge in [-0.3, -0.25) is 9.59 Å². The second kappa shape index (κ2) is 4.41. The van der Waals surface area contributed by atoms with Crippen LogP contribution in [0.2, 0.25) is 0 Å². The summed E-state index contributed by atoms with van der Waals surface area (Å²) in [4.78, 5) is 21.6. The van der Waals surface area contributed by atoms with Crippen LogP contribution < -0.4 is 11.1 Å². The van der Waals surface area contributed by atoms with Gasteiger partial charge >= 0.3 is 0 Å². The fraction of sp³-hybridized carbons (Fsp3) is 0.200. The van der Waals surface area contributed by atoms with Crippen LogP contribution in [0, 0.1) is 6.92 Å². The van der Waals surface area contributed by atoms with Crippen molar-refractivity contribution in [2.75, 3.05) is 5.32 Å². The third-order valence-corrected chi connectivity index (χ3v) is 1.75. The van der Waals surface area contributed by atoms with E-state index in [1.54, 1.807) is 6.07 Å². The van der Waals surface area contributed by atoms with E-state index in [-0.39, 0.29) is 12.3 Å². The Kier molecular flexibility index (Phi) is 3.23. The molecule has 1 aromatic carbocycles. The van der Waals surface area contributed by atoms with E-state index >= 15 is 0 Å². The Morgan fingerprint density at radius 2 is 2.00 bits per heavy atom. The van der Waals surface area contributed by atoms with Gasteiger partial charge in [0.15, 0.2) is 0 Å². The second-order valence-corrected chi connectivity index (χ2v) is 3.01. The van der Waals surface area contributed by atoms with Gasteiger partial charge in [0, 0.05) is 5.69 Å². The maximum Gasteiger partial charge on any atom is 0.233 e. The molecule has 3 N–H and O–H groups in total. The Hall–Kier alpha value is -1.84. The summed E-state index contributed by atoms with van der Waals surface area (Å²) in [5, 5.41) is 2.60. The number of para-hydroxylation sites is 1. The highest BCUT2D eigenvalue weighted by Gasteiger charge is 2.06. The highest BCUT2D eigenvalue weighted by molar-refractivity contribution is 6.03. The molecule has 1 rings (SSSR count). The number of nitrogens with one attached hydrogen (secondary N) is 1. The zero-order valence-electron chi connectivity index (χ0n) is 7.91. The molecule has 0 heterocycles. The molecule has 0 bridgehead atoms. The molecule has 0 unspecified atom stereocenters. The summed E-state index contributed by atoms with van der Waals surface area (Å²) >= 11 is 0. The molecule has 0 aromatic heterocycles. The number of carbonyl (C=O) groups is 2. The lowest BCUT2D eigenvalue weighted by Crippen LogP contribution is -2.21. The van der Waals surface area contributed by atoms with Crippen molar-refractivity contribution in [2.45, 2.75) is 13.3 Å². The molecule has 74 valence electrons. The van der Waals surface area contributed by atoms with Gasteiger partial charge in [-0.05, 0) is 18.6 Å². The molecular weight excluding hydrogens is 180 g/mol. The van der Waals surface area contributed by atoms with E-state index in [0.29, 0.717) is 5.69 Å². The minimum Gasteiger partial charge on any atom is -0.369 e. The first-order valence-electron chi connectivity index (χ1n) is 4.23. The van der Waals surface area contributed by atoms with Crippen molar-refractivity contribution in [1.82, 2.24) is 0 Å². The number of anilines is 1. The summed E-state index contributed by atoms with van der Waals surface area (Å²) in [7, 11) is 0. The average Bonchev–Trinajstić information content (AvgIpc) is 2.07. The first-order chi connectivity index (χ1) is 6.59. The van der Waals surface area contributed by atoms with E-state index in [4.69, 9.17) is 5.73 Å². The molecule has 14 heavy (non-hydrogen) atoms. The number of nitrogens with two attached hydrogens (primary N) is 1. The van der Waals surface area contributed by atoms with E-state index in [9.17, 15) is 9.59 Å². The maximum atomic E-state index is 11.2. The summed E-state index contributed by atoms with van der Waals surface area (Å²) in [5.41, 5.74) is 6.54. The molecule has 2 amide bonds. The van der Waals surface area contributed by atoms with Gasteiger partial charge in [0.2, 0.25) is 11.8 Å². The van der Waals surface area contributed by atoms with Crippen molar-refractivity contribution in [3.8, 4) is 0 Å². The predicted octanol–water partition coefficient (Wildman–Crippen LogP) is 0.809. The van der Waals surface area contributed by atoms with Crippen LogP contribution in [0.3, 0.4) is 0 Å². The smallest absolute Gasteiger partial charge is 0.233 e. The third kappa shape index (κ3) is 2.90. The van der Waals surface area contributed by atoms with E-state index in [1.807, 2.05) is 25.1 Å². The summed E-state index contributed by atoms with van der Waals surface area (Å²) in [6.07, 6.45) is -0.283. The minimum absolute atomic E-state index is 0.283. The Bertz CT molecular complexity index is 361. The molecular formula is C10H12N2O2. The zero-order valence-corrected chi connectivity index (χ0v) is 7.91. The summed E-state index contributed by atoms with van der Waals surface area (Å²) in [6, 6.07) is 7.33. The first-order valence-corrected chi connectivity index (χ1v) is 4.23. The minimum atomic E-state index is -0.629. The molecule has 0 saturated heterocycles. The molecule has 0 aliphatic rings. The Balaban J connectivity index is 2.65. The molecule has 0 aliphatic carbocycles.